The van der Waals surface area contributed by atoms with Crippen molar-refractivity contribution < 1.29 is 14.3 Å². The number of piperidine rings is 1. The van der Waals surface area contributed by atoms with E-state index in [-0.39, 0.29) is 43.3 Å². The first-order valence-corrected chi connectivity index (χ1v) is 11.8. The predicted octanol–water partition coefficient (Wildman–Crippen LogP) is 3.83. The van der Waals surface area contributed by atoms with Crippen LogP contribution in [0.5, 0.6) is 5.75 Å². The normalized spacial score (nSPS) is 14.6. The van der Waals surface area contributed by atoms with E-state index in [0.717, 1.165) is 35.7 Å². The van der Waals surface area contributed by atoms with Gasteiger partial charge in [0.05, 0.1) is 18.9 Å². The number of fused-ring (bicyclic) bond motifs is 1. The van der Waals surface area contributed by atoms with E-state index in [9.17, 15) is 9.59 Å². The number of carbonyl (C=O) groups excluding carboxylic acids is 2. The van der Waals surface area contributed by atoms with E-state index in [1.54, 1.807) is 37.3 Å². The van der Waals surface area contributed by atoms with Crippen molar-refractivity contribution in [1.29, 1.82) is 10.8 Å². The molecule has 0 radical (unpaired) electrons. The molecule has 1 fully saturated rings. The maximum Gasteiger partial charge on any atom is 0.316 e. The van der Waals surface area contributed by atoms with Crippen molar-refractivity contribution >= 4 is 64.8 Å². The van der Waals surface area contributed by atoms with Gasteiger partial charge in [-0.05, 0) is 72.5 Å². The average molecular weight is 559 g/mol. The number of nitrogen functional groups attached to an aromatic ring is 1. The molecule has 3 aromatic rings. The molecule has 38 heavy (non-hydrogen) atoms. The fourth-order valence-corrected chi connectivity index (χ4v) is 4.39. The van der Waals surface area contributed by atoms with E-state index in [1.807, 2.05) is 35.2 Å². The molecule has 3 aromatic carbocycles. The van der Waals surface area contributed by atoms with E-state index in [0.29, 0.717) is 29.4 Å². The maximum absolute atomic E-state index is 12.7. The van der Waals surface area contributed by atoms with E-state index < -0.39 is 11.8 Å². The molecule has 6 N–H and O–H groups in total. The van der Waals surface area contributed by atoms with Crippen LogP contribution in [-0.2, 0) is 16.1 Å². The summed E-state index contributed by atoms with van der Waals surface area (Å²) in [5.74, 6) is -0.693. The molecule has 2 amide bonds. The minimum atomic E-state index is -1.04. The molecular weight excluding hydrogens is 527 g/mol. The molecule has 0 aromatic heterocycles. The van der Waals surface area contributed by atoms with Crippen LogP contribution in [0.15, 0.2) is 60.7 Å². The Labute approximate surface area is 233 Å². The van der Waals surface area contributed by atoms with Crippen LogP contribution in [0.25, 0.3) is 10.8 Å². The molecular formula is C27H32Cl2N6O3. The zero-order chi connectivity index (χ0) is 25.8. The molecule has 202 valence electrons. The zero-order valence-electron chi connectivity index (χ0n) is 21.0. The summed E-state index contributed by atoms with van der Waals surface area (Å²) in [5, 5.41) is 17.4. The summed E-state index contributed by atoms with van der Waals surface area (Å²) in [6.07, 6.45) is 1.84. The van der Waals surface area contributed by atoms with Gasteiger partial charge in [0.25, 0.3) is 0 Å². The molecule has 11 heteroatoms. The molecule has 9 nitrogen and oxygen atoms in total. The first-order chi connectivity index (χ1) is 17.2. The zero-order valence-corrected chi connectivity index (χ0v) is 22.6. The number of hydrogen-bond acceptors (Lipinski definition) is 5. The second-order valence-corrected chi connectivity index (χ2v) is 8.97. The number of amidine groups is 2. The number of likely N-dealkylation sites (tertiary alicyclic amines) is 1. The van der Waals surface area contributed by atoms with E-state index in [1.165, 1.54) is 4.90 Å². The smallest absolute Gasteiger partial charge is 0.316 e. The Bertz CT molecular complexity index is 1330. The number of carbonyl (C=O) groups is 2. The summed E-state index contributed by atoms with van der Waals surface area (Å²) in [7, 11) is 0. The number of ether oxygens (including phenoxy) is 1. The van der Waals surface area contributed by atoms with Gasteiger partial charge in [-0.3, -0.25) is 25.3 Å². The Hall–Kier alpha value is -3.82. The average Bonchev–Trinajstić information content (AvgIpc) is 2.87. The SMILES string of the molecule is CC(=N)N1CCCC(Oc2ccc(N(Cc3ccc4ccc(C(=N)N)cc4c3)C(=O)C(N)=O)cc2)C1.Cl.Cl. The van der Waals surface area contributed by atoms with Crippen LogP contribution in [0.4, 0.5) is 5.69 Å². The molecule has 1 aliphatic heterocycles. The summed E-state index contributed by atoms with van der Waals surface area (Å²) in [4.78, 5) is 27.8. The van der Waals surface area contributed by atoms with Crippen LogP contribution in [0, 0.1) is 10.8 Å². The second-order valence-electron chi connectivity index (χ2n) is 8.97. The van der Waals surface area contributed by atoms with Gasteiger partial charge < -0.3 is 21.1 Å². The predicted molar refractivity (Wildman–Crippen MR) is 155 cm³/mol. The Morgan fingerprint density at radius 2 is 1.68 bits per heavy atom. The second kappa shape index (κ2) is 13.1. The lowest BCUT2D eigenvalue weighted by Gasteiger charge is -2.33. The quantitative estimate of drug-likeness (QED) is 0.206. The Balaban J connectivity index is 0.00000253. The monoisotopic (exact) mass is 558 g/mol. The molecule has 1 atom stereocenters. The number of nitrogens with zero attached hydrogens (tertiary/aromatic N) is 2. The van der Waals surface area contributed by atoms with Crippen molar-refractivity contribution in [3.05, 3.63) is 71.8 Å². The fraction of sp³-hybridized carbons (Fsp3) is 0.259. The van der Waals surface area contributed by atoms with Crippen molar-refractivity contribution in [3.63, 3.8) is 0 Å². The topological polar surface area (TPSA) is 150 Å². The van der Waals surface area contributed by atoms with Gasteiger partial charge in [0.2, 0.25) is 0 Å². The first kappa shape index (κ1) is 30.4. The van der Waals surface area contributed by atoms with Crippen molar-refractivity contribution in [2.24, 2.45) is 11.5 Å². The maximum atomic E-state index is 12.7. The fourth-order valence-electron chi connectivity index (χ4n) is 4.39. The summed E-state index contributed by atoms with van der Waals surface area (Å²) in [5.41, 5.74) is 12.9. The van der Waals surface area contributed by atoms with Crippen molar-refractivity contribution in [3.8, 4) is 5.75 Å². The van der Waals surface area contributed by atoms with Gasteiger partial charge in [0.15, 0.2) is 0 Å². The highest BCUT2D eigenvalue weighted by atomic mass is 35.5. The molecule has 1 heterocycles. The van der Waals surface area contributed by atoms with Crippen molar-refractivity contribution in [2.75, 3.05) is 18.0 Å². The lowest BCUT2D eigenvalue weighted by Crippen LogP contribution is -2.43. The van der Waals surface area contributed by atoms with Crippen LogP contribution in [0.3, 0.4) is 0 Å². The number of rotatable bonds is 6. The van der Waals surface area contributed by atoms with Crippen LogP contribution in [-0.4, -0.2) is 47.6 Å². The summed E-state index contributed by atoms with van der Waals surface area (Å²) in [6, 6.07) is 18.2. The molecule has 0 aliphatic carbocycles. The lowest BCUT2D eigenvalue weighted by atomic mass is 10.0. The number of primary amides is 1. The summed E-state index contributed by atoms with van der Waals surface area (Å²) >= 11 is 0. The highest BCUT2D eigenvalue weighted by Gasteiger charge is 2.23. The minimum Gasteiger partial charge on any atom is -0.489 e. The number of anilines is 1. The van der Waals surface area contributed by atoms with E-state index >= 15 is 0 Å². The van der Waals surface area contributed by atoms with Gasteiger partial charge in [0.1, 0.15) is 17.7 Å². The molecule has 0 spiro atoms. The number of amides is 2. The molecule has 1 unspecified atom stereocenters. The first-order valence-electron chi connectivity index (χ1n) is 11.8. The Kier molecular flexibility index (Phi) is 10.5. The summed E-state index contributed by atoms with van der Waals surface area (Å²) < 4.78 is 6.11. The van der Waals surface area contributed by atoms with E-state index in [4.69, 9.17) is 27.0 Å². The Morgan fingerprint density at radius 3 is 2.32 bits per heavy atom. The van der Waals surface area contributed by atoms with Crippen LogP contribution in [0.2, 0.25) is 0 Å². The van der Waals surface area contributed by atoms with Crippen molar-refractivity contribution in [2.45, 2.75) is 32.4 Å². The number of nitrogens with one attached hydrogen (secondary N) is 2. The number of halogens is 2. The van der Waals surface area contributed by atoms with E-state index in [2.05, 4.69) is 0 Å². The van der Waals surface area contributed by atoms with Gasteiger partial charge >= 0.3 is 11.8 Å². The van der Waals surface area contributed by atoms with Gasteiger partial charge in [-0.2, -0.15) is 0 Å². The standard InChI is InChI=1S/C27H30N6O3.2ClH/c1-17(28)32-12-2-3-24(16-32)36-23-10-8-22(9-11-23)33(27(35)26(31)34)15-18-4-5-19-6-7-20(25(29)30)14-21(19)13-18;;/h4-11,13-14,24,28H,2-3,12,15-16H2,1H3,(H3,29,30)(H2,31,34);2*1H. The summed E-state index contributed by atoms with van der Waals surface area (Å²) in [6.45, 7) is 3.44. The highest BCUT2D eigenvalue weighted by molar-refractivity contribution is 6.39. The van der Waals surface area contributed by atoms with Gasteiger partial charge in [-0.25, -0.2) is 0 Å². The van der Waals surface area contributed by atoms with Crippen LogP contribution in [0.1, 0.15) is 30.9 Å². The minimum absolute atomic E-state index is 0. The van der Waals surface area contributed by atoms with Crippen LogP contribution < -0.4 is 21.1 Å². The highest BCUT2D eigenvalue weighted by Crippen LogP contribution is 2.25. The lowest BCUT2D eigenvalue weighted by molar-refractivity contribution is -0.135. The van der Waals surface area contributed by atoms with Gasteiger partial charge in [-0.15, -0.1) is 24.8 Å². The third-order valence-electron chi connectivity index (χ3n) is 6.32. The Morgan fingerprint density at radius 1 is 1.00 bits per heavy atom. The molecule has 0 saturated carbocycles. The molecule has 1 aliphatic rings. The van der Waals surface area contributed by atoms with Gasteiger partial charge in [0, 0.05) is 17.8 Å². The number of hydrogen-bond donors (Lipinski definition) is 4. The van der Waals surface area contributed by atoms with Crippen molar-refractivity contribution in [1.82, 2.24) is 4.90 Å². The van der Waals surface area contributed by atoms with Gasteiger partial charge in [-0.1, -0.05) is 24.3 Å². The number of benzene rings is 3. The third-order valence-corrected chi connectivity index (χ3v) is 6.32. The molecule has 0 bridgehead atoms. The molecule has 1 saturated heterocycles. The number of nitrogens with two attached hydrogens (primary N) is 2. The largest absolute Gasteiger partial charge is 0.489 e. The van der Waals surface area contributed by atoms with Crippen LogP contribution >= 0.6 is 24.8 Å². The molecule has 4 rings (SSSR count). The third kappa shape index (κ3) is 7.14.